The second-order valence-corrected chi connectivity index (χ2v) is 8.56. The highest BCUT2D eigenvalue weighted by Gasteiger charge is 2.13. The zero-order chi connectivity index (χ0) is 25.5. The smallest absolute Gasteiger partial charge is 0.343 e. The van der Waals surface area contributed by atoms with Crippen LogP contribution in [0.2, 0.25) is 0 Å². The number of esters is 1. The van der Waals surface area contributed by atoms with Crippen LogP contribution in [0, 0.1) is 6.92 Å². The molecule has 0 spiro atoms. The van der Waals surface area contributed by atoms with Crippen molar-refractivity contribution in [2.24, 2.45) is 5.10 Å². The number of hydrogen-bond donors (Lipinski definition) is 2. The van der Waals surface area contributed by atoms with Crippen molar-refractivity contribution in [3.8, 4) is 5.75 Å². The minimum atomic E-state index is -0.501. The fourth-order valence-corrected chi connectivity index (χ4v) is 3.55. The molecule has 3 aromatic carbocycles. The second-order valence-electron chi connectivity index (χ2n) is 7.65. The number of aryl methyl sites for hydroxylation is 1. The molecule has 0 saturated carbocycles. The first kappa shape index (κ1) is 24.6. The largest absolute Gasteiger partial charge is 0.459 e. The summed E-state index contributed by atoms with van der Waals surface area (Å²) in [5, 5.41) is 6.68. The average Bonchev–Trinajstić information content (AvgIpc) is 3.41. The monoisotopic (exact) mass is 545 g/mol. The number of carbonyl (C=O) groups excluding carboxylic acids is 3. The third-order valence-electron chi connectivity index (χ3n) is 4.95. The Bertz CT molecular complexity index is 1430. The summed E-state index contributed by atoms with van der Waals surface area (Å²) in [5.41, 5.74) is 5.14. The highest BCUT2D eigenvalue weighted by molar-refractivity contribution is 9.10. The van der Waals surface area contributed by atoms with Crippen molar-refractivity contribution in [1.82, 2.24) is 5.43 Å². The lowest BCUT2D eigenvalue weighted by Gasteiger charge is -2.08. The van der Waals surface area contributed by atoms with Crippen molar-refractivity contribution < 1.29 is 23.5 Å². The number of hydrazone groups is 1. The van der Waals surface area contributed by atoms with Gasteiger partial charge in [-0.3, -0.25) is 9.59 Å². The first-order valence-corrected chi connectivity index (χ1v) is 11.5. The van der Waals surface area contributed by atoms with E-state index in [9.17, 15) is 14.4 Å². The summed E-state index contributed by atoms with van der Waals surface area (Å²) < 4.78 is 11.4. The molecule has 4 aromatic rings. The van der Waals surface area contributed by atoms with Crippen molar-refractivity contribution in [1.29, 1.82) is 0 Å². The van der Waals surface area contributed by atoms with E-state index >= 15 is 0 Å². The Labute approximate surface area is 215 Å². The Morgan fingerprint density at radius 1 is 0.917 bits per heavy atom. The molecular weight excluding hydrogens is 526 g/mol. The van der Waals surface area contributed by atoms with Crippen LogP contribution in [0.5, 0.6) is 5.75 Å². The Morgan fingerprint density at radius 2 is 1.72 bits per heavy atom. The highest BCUT2D eigenvalue weighted by Crippen LogP contribution is 2.23. The van der Waals surface area contributed by atoms with E-state index in [1.165, 1.54) is 12.5 Å². The van der Waals surface area contributed by atoms with Gasteiger partial charge in [0.15, 0.2) is 5.76 Å². The average molecular weight is 546 g/mol. The maximum absolute atomic E-state index is 12.6. The molecule has 0 saturated heterocycles. The van der Waals surface area contributed by atoms with Gasteiger partial charge < -0.3 is 14.5 Å². The minimum absolute atomic E-state index is 0.183. The summed E-state index contributed by atoms with van der Waals surface area (Å²) >= 11 is 3.39. The molecule has 0 unspecified atom stereocenters. The number of amides is 2. The quantitative estimate of drug-likeness (QED) is 0.136. The number of nitrogens with zero attached hydrogens (tertiary/aromatic N) is 1. The predicted molar refractivity (Wildman–Crippen MR) is 138 cm³/mol. The summed E-state index contributed by atoms with van der Waals surface area (Å²) in [7, 11) is 0. The van der Waals surface area contributed by atoms with E-state index in [-0.39, 0.29) is 5.76 Å². The van der Waals surface area contributed by atoms with Gasteiger partial charge in [0, 0.05) is 21.3 Å². The van der Waals surface area contributed by atoms with E-state index < -0.39 is 17.8 Å². The lowest BCUT2D eigenvalue weighted by atomic mass is 10.1. The number of benzene rings is 3. The molecule has 36 heavy (non-hydrogen) atoms. The summed E-state index contributed by atoms with van der Waals surface area (Å²) in [6.45, 7) is 1.89. The zero-order valence-electron chi connectivity index (χ0n) is 19.0. The number of carbonyl (C=O) groups is 3. The number of rotatable bonds is 7. The standard InChI is InChI=1S/C27H20BrN3O5/c1-17-4-2-5-19(14-17)27(34)36-23-12-9-21(28)15-20(23)16-29-31-25(32)18-7-10-22(11-8-18)30-26(33)24-6-3-13-35-24/h2-16H,1H3,(H,30,33)(H,31,32)/b29-16-. The van der Waals surface area contributed by atoms with Crippen LogP contribution in [-0.2, 0) is 0 Å². The van der Waals surface area contributed by atoms with Crippen LogP contribution in [0.4, 0.5) is 5.69 Å². The van der Waals surface area contributed by atoms with Gasteiger partial charge in [-0.15, -0.1) is 0 Å². The zero-order valence-corrected chi connectivity index (χ0v) is 20.6. The van der Waals surface area contributed by atoms with Gasteiger partial charge in [-0.25, -0.2) is 10.2 Å². The maximum atomic E-state index is 12.6. The predicted octanol–water partition coefficient (Wildman–Crippen LogP) is 5.59. The molecule has 0 radical (unpaired) electrons. The Hall–Kier alpha value is -4.50. The molecule has 9 heteroatoms. The van der Waals surface area contributed by atoms with E-state index in [1.807, 2.05) is 13.0 Å². The molecule has 0 fully saturated rings. The van der Waals surface area contributed by atoms with Crippen LogP contribution in [0.25, 0.3) is 0 Å². The molecule has 0 aliphatic carbocycles. The summed E-state index contributed by atoms with van der Waals surface area (Å²) in [4.78, 5) is 37.1. The molecule has 0 atom stereocenters. The first-order valence-electron chi connectivity index (χ1n) is 10.8. The van der Waals surface area contributed by atoms with Crippen LogP contribution in [0.3, 0.4) is 0 Å². The van der Waals surface area contributed by atoms with Gasteiger partial charge in [-0.05, 0) is 73.7 Å². The van der Waals surface area contributed by atoms with Gasteiger partial charge in [0.1, 0.15) is 5.75 Å². The van der Waals surface area contributed by atoms with Gasteiger partial charge in [0.2, 0.25) is 0 Å². The summed E-state index contributed by atoms with van der Waals surface area (Å²) in [6.07, 6.45) is 2.80. The number of anilines is 1. The normalized spacial score (nSPS) is 10.7. The molecule has 2 N–H and O–H groups in total. The lowest BCUT2D eigenvalue weighted by molar-refractivity contribution is 0.0733. The van der Waals surface area contributed by atoms with Crippen LogP contribution in [0.1, 0.15) is 42.4 Å². The molecule has 1 heterocycles. The number of halogens is 1. The van der Waals surface area contributed by atoms with Crippen LogP contribution in [0.15, 0.2) is 99.1 Å². The van der Waals surface area contributed by atoms with Gasteiger partial charge in [0.05, 0.1) is 18.0 Å². The molecule has 1 aromatic heterocycles. The number of furan rings is 1. The van der Waals surface area contributed by atoms with Crippen molar-refractivity contribution in [3.05, 3.63) is 118 Å². The molecule has 4 rings (SSSR count). The third-order valence-corrected chi connectivity index (χ3v) is 5.44. The van der Waals surface area contributed by atoms with Crippen molar-refractivity contribution in [3.63, 3.8) is 0 Å². The first-order chi connectivity index (χ1) is 17.4. The highest BCUT2D eigenvalue weighted by atomic mass is 79.9. The van der Waals surface area contributed by atoms with E-state index in [0.717, 1.165) is 10.0 Å². The molecule has 0 bridgehead atoms. The fourth-order valence-electron chi connectivity index (χ4n) is 3.17. The topological polar surface area (TPSA) is 110 Å². The Balaban J connectivity index is 1.39. The van der Waals surface area contributed by atoms with Crippen molar-refractivity contribution in [2.45, 2.75) is 6.92 Å². The van der Waals surface area contributed by atoms with Crippen LogP contribution >= 0.6 is 15.9 Å². The van der Waals surface area contributed by atoms with Crippen molar-refractivity contribution >= 4 is 45.6 Å². The second kappa shape index (κ2) is 11.3. The third kappa shape index (κ3) is 6.34. The SMILES string of the molecule is Cc1cccc(C(=O)Oc2ccc(Br)cc2/C=N\NC(=O)c2ccc(NC(=O)c3ccco3)cc2)c1. The Kier molecular flexibility index (Phi) is 7.72. The number of ether oxygens (including phenoxy) is 1. The van der Waals surface area contributed by atoms with E-state index in [4.69, 9.17) is 9.15 Å². The van der Waals surface area contributed by atoms with Gasteiger partial charge >= 0.3 is 5.97 Å². The molecule has 2 amide bonds. The summed E-state index contributed by atoms with van der Waals surface area (Å²) in [6, 6.07) is 21.6. The number of hydrogen-bond acceptors (Lipinski definition) is 6. The van der Waals surface area contributed by atoms with Crippen LogP contribution < -0.4 is 15.5 Å². The molecular formula is C27H20BrN3O5. The minimum Gasteiger partial charge on any atom is -0.459 e. The van der Waals surface area contributed by atoms with Gasteiger partial charge in [0.25, 0.3) is 11.8 Å². The molecule has 8 nitrogen and oxygen atoms in total. The molecule has 0 aliphatic rings. The van der Waals surface area contributed by atoms with Crippen LogP contribution in [-0.4, -0.2) is 24.0 Å². The Morgan fingerprint density at radius 3 is 2.44 bits per heavy atom. The fraction of sp³-hybridized carbons (Fsp3) is 0.0370. The van der Waals surface area contributed by atoms with E-state index in [1.54, 1.807) is 72.8 Å². The molecule has 180 valence electrons. The van der Waals surface area contributed by atoms with Gasteiger partial charge in [-0.1, -0.05) is 33.6 Å². The number of nitrogens with one attached hydrogen (secondary N) is 2. The summed E-state index contributed by atoms with van der Waals surface area (Å²) in [5.74, 6) is -0.876. The van der Waals surface area contributed by atoms with Gasteiger partial charge in [-0.2, -0.15) is 5.10 Å². The van der Waals surface area contributed by atoms with E-state index in [2.05, 4.69) is 31.8 Å². The van der Waals surface area contributed by atoms with Crippen molar-refractivity contribution in [2.75, 3.05) is 5.32 Å². The maximum Gasteiger partial charge on any atom is 0.343 e. The lowest BCUT2D eigenvalue weighted by Crippen LogP contribution is -2.18. The van der Waals surface area contributed by atoms with E-state index in [0.29, 0.717) is 28.1 Å². The molecule has 0 aliphatic heterocycles.